The number of anilines is 1. The van der Waals surface area contributed by atoms with E-state index in [2.05, 4.69) is 40.6 Å². The predicted octanol–water partition coefficient (Wildman–Crippen LogP) is 3.99. The SMILES string of the molecule is Fc1ccc(NCc2ccc3ccccc3c2)cn1. The van der Waals surface area contributed by atoms with Gasteiger partial charge in [0.15, 0.2) is 0 Å². The van der Waals surface area contributed by atoms with Crippen LogP contribution in [0.3, 0.4) is 0 Å². The molecule has 0 unspecified atom stereocenters. The third-order valence-electron chi connectivity index (χ3n) is 3.04. The molecule has 2 aromatic carbocycles. The van der Waals surface area contributed by atoms with Crippen molar-refractivity contribution in [1.29, 1.82) is 0 Å². The van der Waals surface area contributed by atoms with Gasteiger partial charge in [0, 0.05) is 6.54 Å². The van der Waals surface area contributed by atoms with Crippen molar-refractivity contribution >= 4 is 16.5 Å². The highest BCUT2D eigenvalue weighted by molar-refractivity contribution is 5.83. The summed E-state index contributed by atoms with van der Waals surface area (Å²) in [5, 5.41) is 5.68. The van der Waals surface area contributed by atoms with E-state index in [9.17, 15) is 4.39 Å². The molecule has 1 aromatic heterocycles. The molecule has 1 N–H and O–H groups in total. The minimum absolute atomic E-state index is 0.462. The summed E-state index contributed by atoms with van der Waals surface area (Å²) in [5.41, 5.74) is 2.00. The maximum absolute atomic E-state index is 12.7. The number of hydrogen-bond donors (Lipinski definition) is 1. The number of nitrogens with one attached hydrogen (secondary N) is 1. The van der Waals surface area contributed by atoms with Crippen molar-refractivity contribution in [2.24, 2.45) is 0 Å². The van der Waals surface area contributed by atoms with E-state index in [0.29, 0.717) is 6.54 Å². The Balaban J connectivity index is 1.76. The van der Waals surface area contributed by atoms with Crippen LogP contribution in [0.2, 0.25) is 0 Å². The zero-order chi connectivity index (χ0) is 13.1. The van der Waals surface area contributed by atoms with Crippen LogP contribution in [0.1, 0.15) is 5.56 Å². The normalized spacial score (nSPS) is 10.6. The second-order valence-corrected chi connectivity index (χ2v) is 4.40. The Bertz CT molecular complexity index is 692. The van der Waals surface area contributed by atoms with Crippen LogP contribution in [0, 0.1) is 5.95 Å². The number of halogens is 1. The lowest BCUT2D eigenvalue weighted by Gasteiger charge is -2.07. The quantitative estimate of drug-likeness (QED) is 0.713. The fraction of sp³-hybridized carbons (Fsp3) is 0.0625. The van der Waals surface area contributed by atoms with Gasteiger partial charge in [0.2, 0.25) is 5.95 Å². The lowest BCUT2D eigenvalue weighted by Crippen LogP contribution is -1.99. The first-order valence-electron chi connectivity index (χ1n) is 6.14. The summed E-state index contributed by atoms with van der Waals surface area (Å²) in [4.78, 5) is 3.61. The van der Waals surface area contributed by atoms with E-state index in [1.54, 1.807) is 6.07 Å². The number of rotatable bonds is 3. The molecule has 0 aliphatic rings. The molecule has 0 aliphatic carbocycles. The van der Waals surface area contributed by atoms with Crippen molar-refractivity contribution in [3.8, 4) is 0 Å². The minimum atomic E-state index is -0.462. The van der Waals surface area contributed by atoms with Crippen molar-refractivity contribution in [3.63, 3.8) is 0 Å². The second kappa shape index (κ2) is 5.06. The molecule has 0 aliphatic heterocycles. The van der Waals surface area contributed by atoms with Gasteiger partial charge in [-0.1, -0.05) is 36.4 Å². The van der Waals surface area contributed by atoms with Crippen LogP contribution in [0.15, 0.2) is 60.8 Å². The lowest BCUT2D eigenvalue weighted by molar-refractivity contribution is 0.584. The van der Waals surface area contributed by atoms with E-state index in [0.717, 1.165) is 5.69 Å². The molecule has 0 fully saturated rings. The van der Waals surface area contributed by atoms with E-state index < -0.39 is 5.95 Å². The van der Waals surface area contributed by atoms with Gasteiger partial charge in [-0.2, -0.15) is 4.39 Å². The lowest BCUT2D eigenvalue weighted by atomic mass is 10.1. The van der Waals surface area contributed by atoms with Gasteiger partial charge in [0.05, 0.1) is 11.9 Å². The largest absolute Gasteiger partial charge is 0.380 e. The molecule has 3 aromatic rings. The van der Waals surface area contributed by atoms with Crippen LogP contribution >= 0.6 is 0 Å². The highest BCUT2D eigenvalue weighted by Gasteiger charge is 1.98. The Labute approximate surface area is 110 Å². The number of hydrogen-bond acceptors (Lipinski definition) is 2. The zero-order valence-corrected chi connectivity index (χ0v) is 10.3. The van der Waals surface area contributed by atoms with Gasteiger partial charge in [-0.25, -0.2) is 4.98 Å². The summed E-state index contributed by atoms with van der Waals surface area (Å²) in [6.45, 7) is 0.693. The van der Waals surface area contributed by atoms with E-state index in [-0.39, 0.29) is 0 Å². The molecular formula is C16H13FN2. The highest BCUT2D eigenvalue weighted by atomic mass is 19.1. The minimum Gasteiger partial charge on any atom is -0.380 e. The van der Waals surface area contributed by atoms with Crippen LogP contribution in [-0.2, 0) is 6.54 Å². The molecule has 19 heavy (non-hydrogen) atoms. The Morgan fingerprint density at radius 1 is 0.947 bits per heavy atom. The van der Waals surface area contributed by atoms with Crippen LogP contribution in [0.4, 0.5) is 10.1 Å². The molecular weight excluding hydrogens is 239 g/mol. The molecule has 0 saturated carbocycles. The first-order chi connectivity index (χ1) is 9.31. The zero-order valence-electron chi connectivity index (χ0n) is 10.3. The van der Waals surface area contributed by atoms with Gasteiger partial charge in [0.25, 0.3) is 0 Å². The molecule has 0 amide bonds. The number of pyridine rings is 1. The highest BCUT2D eigenvalue weighted by Crippen LogP contribution is 2.16. The Kier molecular flexibility index (Phi) is 3.11. The molecule has 0 atom stereocenters. The number of fused-ring (bicyclic) bond motifs is 1. The summed E-state index contributed by atoms with van der Waals surface area (Å²) in [6, 6.07) is 17.6. The molecule has 94 valence electrons. The number of benzene rings is 2. The van der Waals surface area contributed by atoms with Crippen molar-refractivity contribution in [1.82, 2.24) is 4.98 Å². The Hall–Kier alpha value is -2.42. The van der Waals surface area contributed by atoms with E-state index in [4.69, 9.17) is 0 Å². The molecule has 1 heterocycles. The van der Waals surface area contributed by atoms with Crippen molar-refractivity contribution in [3.05, 3.63) is 72.3 Å². The third-order valence-corrected chi connectivity index (χ3v) is 3.04. The van der Waals surface area contributed by atoms with Crippen molar-refractivity contribution in [2.45, 2.75) is 6.54 Å². The van der Waals surface area contributed by atoms with E-state index in [1.807, 2.05) is 12.1 Å². The summed E-state index contributed by atoms with van der Waals surface area (Å²) in [6.07, 6.45) is 1.50. The number of aromatic nitrogens is 1. The smallest absolute Gasteiger partial charge is 0.212 e. The molecule has 0 saturated heterocycles. The van der Waals surface area contributed by atoms with Crippen molar-refractivity contribution < 1.29 is 4.39 Å². The topological polar surface area (TPSA) is 24.9 Å². The van der Waals surface area contributed by atoms with Gasteiger partial charge in [-0.15, -0.1) is 0 Å². The first-order valence-corrected chi connectivity index (χ1v) is 6.14. The number of nitrogens with zero attached hydrogens (tertiary/aromatic N) is 1. The first kappa shape index (κ1) is 11.7. The van der Waals surface area contributed by atoms with E-state index >= 15 is 0 Å². The monoisotopic (exact) mass is 252 g/mol. The maximum atomic E-state index is 12.7. The van der Waals surface area contributed by atoms with Gasteiger partial charge in [-0.05, 0) is 34.5 Å². The van der Waals surface area contributed by atoms with Crippen LogP contribution in [0.25, 0.3) is 10.8 Å². The molecule has 0 radical (unpaired) electrons. The average molecular weight is 252 g/mol. The summed E-state index contributed by atoms with van der Waals surface area (Å²) in [5.74, 6) is -0.462. The summed E-state index contributed by atoms with van der Waals surface area (Å²) in [7, 11) is 0. The fourth-order valence-corrected chi connectivity index (χ4v) is 2.03. The fourth-order valence-electron chi connectivity index (χ4n) is 2.03. The third kappa shape index (κ3) is 2.71. The predicted molar refractivity (Wildman–Crippen MR) is 75.5 cm³/mol. The maximum Gasteiger partial charge on any atom is 0.212 e. The van der Waals surface area contributed by atoms with Crippen LogP contribution < -0.4 is 5.32 Å². The molecule has 2 nitrogen and oxygen atoms in total. The standard InChI is InChI=1S/C16H13FN2/c17-16-8-7-15(11-19-16)18-10-12-5-6-13-3-1-2-4-14(13)9-12/h1-9,11,18H,10H2. The Morgan fingerprint density at radius 3 is 2.58 bits per heavy atom. The summed E-state index contributed by atoms with van der Waals surface area (Å²) < 4.78 is 12.7. The van der Waals surface area contributed by atoms with Crippen molar-refractivity contribution in [2.75, 3.05) is 5.32 Å². The Morgan fingerprint density at radius 2 is 1.79 bits per heavy atom. The average Bonchev–Trinajstić information content (AvgIpc) is 2.46. The molecule has 3 rings (SSSR count). The molecule has 0 spiro atoms. The van der Waals surface area contributed by atoms with E-state index in [1.165, 1.54) is 28.6 Å². The van der Waals surface area contributed by atoms with Crippen LogP contribution in [-0.4, -0.2) is 4.98 Å². The van der Waals surface area contributed by atoms with Gasteiger partial charge >= 0.3 is 0 Å². The van der Waals surface area contributed by atoms with Gasteiger partial charge in [0.1, 0.15) is 0 Å². The molecule has 3 heteroatoms. The molecule has 0 bridgehead atoms. The second-order valence-electron chi connectivity index (χ2n) is 4.40. The summed E-state index contributed by atoms with van der Waals surface area (Å²) >= 11 is 0. The van der Waals surface area contributed by atoms with Gasteiger partial charge in [-0.3, -0.25) is 0 Å². The van der Waals surface area contributed by atoms with Gasteiger partial charge < -0.3 is 5.32 Å². The van der Waals surface area contributed by atoms with Crippen LogP contribution in [0.5, 0.6) is 0 Å².